The number of halogens is 1. The molecule has 1 aliphatic heterocycles. The van der Waals surface area contributed by atoms with E-state index in [1.54, 1.807) is 17.3 Å². The minimum Gasteiger partial charge on any atom is -0.330 e. The lowest BCUT2D eigenvalue weighted by atomic mass is 10.1. The number of carbonyl (C=O) groups excluding carboxylic acids is 1. The first-order chi connectivity index (χ1) is 7.20. The first-order valence-corrected chi connectivity index (χ1v) is 5.76. The molecule has 6 heteroatoms. The van der Waals surface area contributed by atoms with Crippen LogP contribution in [0, 0.1) is 9.62 Å². The average molecular weight is 318 g/mol. The van der Waals surface area contributed by atoms with Crippen molar-refractivity contribution in [2.45, 2.75) is 6.42 Å². The quantitative estimate of drug-likeness (QED) is 0.801. The predicted octanol–water partition coefficient (Wildman–Crippen LogP) is 0.393. The third-order valence-electron chi connectivity index (χ3n) is 2.42. The number of hydrogen-bond acceptors (Lipinski definition) is 4. The Hall–Kier alpha value is -0.760. The number of anilines is 1. The first-order valence-electron chi connectivity index (χ1n) is 4.68. The lowest BCUT2D eigenvalue weighted by Gasteiger charge is -2.14. The van der Waals surface area contributed by atoms with Crippen molar-refractivity contribution in [1.82, 2.24) is 9.97 Å². The molecular weight excluding hydrogens is 307 g/mol. The van der Waals surface area contributed by atoms with Crippen LogP contribution in [0.3, 0.4) is 0 Å². The van der Waals surface area contributed by atoms with Crippen molar-refractivity contribution in [3.8, 4) is 0 Å². The van der Waals surface area contributed by atoms with Gasteiger partial charge in [-0.3, -0.25) is 9.69 Å². The number of carbonyl (C=O) groups is 1. The summed E-state index contributed by atoms with van der Waals surface area (Å²) in [7, 11) is 0. The highest BCUT2D eigenvalue weighted by Crippen LogP contribution is 2.22. The van der Waals surface area contributed by atoms with Gasteiger partial charge in [-0.05, 0) is 35.1 Å². The van der Waals surface area contributed by atoms with Crippen molar-refractivity contribution in [2.24, 2.45) is 11.7 Å². The van der Waals surface area contributed by atoms with Gasteiger partial charge in [-0.2, -0.15) is 0 Å². The summed E-state index contributed by atoms with van der Waals surface area (Å²) in [6, 6.07) is 0. The third-order valence-corrected chi connectivity index (χ3v) is 2.98. The van der Waals surface area contributed by atoms with Crippen molar-refractivity contribution in [2.75, 3.05) is 18.0 Å². The highest BCUT2D eigenvalue weighted by Gasteiger charge is 2.30. The van der Waals surface area contributed by atoms with Crippen molar-refractivity contribution < 1.29 is 4.79 Å². The normalized spacial score (nSPS) is 21.1. The molecule has 0 aliphatic carbocycles. The average Bonchev–Trinajstić information content (AvgIpc) is 2.61. The van der Waals surface area contributed by atoms with E-state index in [1.165, 1.54) is 0 Å². The summed E-state index contributed by atoms with van der Waals surface area (Å²) >= 11 is 2.08. The van der Waals surface area contributed by atoms with Crippen LogP contribution in [0.25, 0.3) is 0 Å². The molecule has 2 rings (SSSR count). The zero-order chi connectivity index (χ0) is 10.8. The number of nitrogens with zero attached hydrogens (tertiary/aromatic N) is 3. The molecule has 1 unspecified atom stereocenters. The van der Waals surface area contributed by atoms with E-state index in [0.717, 1.165) is 3.70 Å². The Kier molecular flexibility index (Phi) is 3.15. The maximum atomic E-state index is 11.6. The van der Waals surface area contributed by atoms with Gasteiger partial charge < -0.3 is 5.73 Å². The van der Waals surface area contributed by atoms with Gasteiger partial charge in [0.1, 0.15) is 3.70 Å². The molecule has 15 heavy (non-hydrogen) atoms. The highest BCUT2D eigenvalue weighted by molar-refractivity contribution is 14.1. The minimum atomic E-state index is 0.0842. The van der Waals surface area contributed by atoms with Gasteiger partial charge in [-0.15, -0.1) is 0 Å². The number of amides is 1. The smallest absolute Gasteiger partial charge is 0.228 e. The topological polar surface area (TPSA) is 72.1 Å². The van der Waals surface area contributed by atoms with Crippen LogP contribution in [0.4, 0.5) is 5.82 Å². The SMILES string of the molecule is NCC1CC(=O)N(c2cnc(I)cn2)C1. The molecule has 0 aromatic carbocycles. The van der Waals surface area contributed by atoms with Gasteiger partial charge >= 0.3 is 0 Å². The molecule has 0 saturated carbocycles. The maximum absolute atomic E-state index is 11.6. The Balaban J connectivity index is 2.18. The number of aromatic nitrogens is 2. The minimum absolute atomic E-state index is 0.0842. The Morgan fingerprint density at radius 1 is 1.53 bits per heavy atom. The van der Waals surface area contributed by atoms with Gasteiger partial charge in [0.15, 0.2) is 5.82 Å². The van der Waals surface area contributed by atoms with Crippen LogP contribution in [0.5, 0.6) is 0 Å². The van der Waals surface area contributed by atoms with E-state index in [2.05, 4.69) is 32.6 Å². The van der Waals surface area contributed by atoms with E-state index < -0.39 is 0 Å². The van der Waals surface area contributed by atoms with E-state index in [0.29, 0.717) is 25.3 Å². The van der Waals surface area contributed by atoms with E-state index in [4.69, 9.17) is 5.73 Å². The summed E-state index contributed by atoms with van der Waals surface area (Å²) in [6.07, 6.45) is 3.79. The molecule has 1 fully saturated rings. The second-order valence-electron chi connectivity index (χ2n) is 3.51. The molecule has 0 spiro atoms. The fourth-order valence-electron chi connectivity index (χ4n) is 1.61. The zero-order valence-corrected chi connectivity index (χ0v) is 10.2. The van der Waals surface area contributed by atoms with Crippen LogP contribution in [0.1, 0.15) is 6.42 Å². The number of hydrogen-bond donors (Lipinski definition) is 1. The van der Waals surface area contributed by atoms with Gasteiger partial charge in [0, 0.05) is 13.0 Å². The molecule has 1 aliphatic rings. The maximum Gasteiger partial charge on any atom is 0.228 e. The van der Waals surface area contributed by atoms with Gasteiger partial charge in [-0.1, -0.05) is 0 Å². The molecule has 0 radical (unpaired) electrons. The molecule has 2 heterocycles. The van der Waals surface area contributed by atoms with Crippen molar-refractivity contribution in [3.63, 3.8) is 0 Å². The molecule has 0 bridgehead atoms. The Morgan fingerprint density at radius 2 is 2.33 bits per heavy atom. The second kappa shape index (κ2) is 4.40. The Bertz CT molecular complexity index is 367. The predicted molar refractivity (Wildman–Crippen MR) is 64.3 cm³/mol. The van der Waals surface area contributed by atoms with Gasteiger partial charge in [0.2, 0.25) is 5.91 Å². The van der Waals surface area contributed by atoms with Crippen LogP contribution >= 0.6 is 22.6 Å². The summed E-state index contributed by atoms with van der Waals surface area (Å²) in [5, 5.41) is 0. The summed E-state index contributed by atoms with van der Waals surface area (Å²) in [5.74, 6) is 0.955. The highest BCUT2D eigenvalue weighted by atomic mass is 127. The number of rotatable bonds is 2. The molecule has 80 valence electrons. The van der Waals surface area contributed by atoms with Crippen LogP contribution < -0.4 is 10.6 Å². The van der Waals surface area contributed by atoms with Gasteiger partial charge in [0.05, 0.1) is 12.4 Å². The van der Waals surface area contributed by atoms with Crippen LogP contribution in [0.2, 0.25) is 0 Å². The standard InChI is InChI=1S/C9H11IN4O/c10-7-3-13-8(4-12-7)14-5-6(2-11)1-9(14)15/h3-4,6H,1-2,5,11H2. The Morgan fingerprint density at radius 3 is 2.87 bits per heavy atom. The van der Waals surface area contributed by atoms with E-state index in [1.807, 2.05) is 0 Å². The van der Waals surface area contributed by atoms with Crippen molar-refractivity contribution in [3.05, 3.63) is 16.1 Å². The van der Waals surface area contributed by atoms with Crippen LogP contribution in [-0.2, 0) is 4.79 Å². The summed E-state index contributed by atoms with van der Waals surface area (Å²) in [6.45, 7) is 1.20. The van der Waals surface area contributed by atoms with Gasteiger partial charge in [0.25, 0.3) is 0 Å². The lowest BCUT2D eigenvalue weighted by Crippen LogP contribution is -2.26. The summed E-state index contributed by atoms with van der Waals surface area (Å²) in [5.41, 5.74) is 5.54. The van der Waals surface area contributed by atoms with E-state index >= 15 is 0 Å². The van der Waals surface area contributed by atoms with E-state index in [9.17, 15) is 4.79 Å². The third kappa shape index (κ3) is 2.25. The largest absolute Gasteiger partial charge is 0.330 e. The fourth-order valence-corrected chi connectivity index (χ4v) is 1.88. The van der Waals surface area contributed by atoms with Crippen LogP contribution in [0.15, 0.2) is 12.4 Å². The van der Waals surface area contributed by atoms with Crippen molar-refractivity contribution in [1.29, 1.82) is 0 Å². The molecule has 2 N–H and O–H groups in total. The fraction of sp³-hybridized carbons (Fsp3) is 0.444. The monoisotopic (exact) mass is 318 g/mol. The molecule has 1 aromatic rings. The Labute approximate surface area is 101 Å². The second-order valence-corrected chi connectivity index (χ2v) is 4.61. The molecule has 1 atom stereocenters. The molecule has 1 aromatic heterocycles. The first kappa shape index (κ1) is 10.7. The number of nitrogens with two attached hydrogens (primary N) is 1. The molecular formula is C9H11IN4O. The lowest BCUT2D eigenvalue weighted by molar-refractivity contribution is -0.117. The molecule has 1 saturated heterocycles. The summed E-state index contributed by atoms with van der Waals surface area (Å²) < 4.78 is 0.818. The zero-order valence-electron chi connectivity index (χ0n) is 8.06. The van der Waals surface area contributed by atoms with Crippen molar-refractivity contribution >= 4 is 34.3 Å². The van der Waals surface area contributed by atoms with Crippen LogP contribution in [-0.4, -0.2) is 29.0 Å². The van der Waals surface area contributed by atoms with E-state index in [-0.39, 0.29) is 11.8 Å². The summed E-state index contributed by atoms with van der Waals surface area (Å²) in [4.78, 5) is 21.6. The molecule has 1 amide bonds. The molecule has 5 nitrogen and oxygen atoms in total. The van der Waals surface area contributed by atoms with Gasteiger partial charge in [-0.25, -0.2) is 9.97 Å².